The number of carbonyl (C=O) groups excluding carboxylic acids is 1. The van der Waals surface area contributed by atoms with Crippen molar-refractivity contribution in [2.75, 3.05) is 23.3 Å². The van der Waals surface area contributed by atoms with E-state index in [0.717, 1.165) is 52.5 Å². The largest absolute Gasteiger partial charge is 0.336 e. The number of anilines is 3. The number of imidazole rings is 1. The van der Waals surface area contributed by atoms with E-state index in [1.165, 1.54) is 19.3 Å². The van der Waals surface area contributed by atoms with Gasteiger partial charge in [0.15, 0.2) is 11.6 Å². The molecule has 9 heteroatoms. The Kier molecular flexibility index (Phi) is 5.87. The number of nitrogens with zero attached hydrogens (tertiary/aromatic N) is 6. The summed E-state index contributed by atoms with van der Waals surface area (Å²) < 4.78 is 16.7. The number of hydrogen-bond acceptors (Lipinski definition) is 6. The van der Waals surface area contributed by atoms with Gasteiger partial charge in [0.2, 0.25) is 5.91 Å². The first kappa shape index (κ1) is 27.7. The number of piperidine rings is 1. The van der Waals surface area contributed by atoms with E-state index >= 15 is 0 Å². The summed E-state index contributed by atoms with van der Waals surface area (Å²) in [6.07, 6.45) is 6.59. The van der Waals surface area contributed by atoms with Crippen LogP contribution in [0.2, 0.25) is 0 Å². The van der Waals surface area contributed by atoms with Crippen molar-refractivity contribution in [3.05, 3.63) is 60.4 Å². The molecule has 8 nitrogen and oxygen atoms in total. The molecule has 0 spiro atoms. The molecule has 2 aliphatic heterocycles. The van der Waals surface area contributed by atoms with Gasteiger partial charge in [0.1, 0.15) is 5.52 Å². The Hall–Kier alpha value is -3.85. The summed E-state index contributed by atoms with van der Waals surface area (Å²) in [6, 6.07) is 10.7. The molecular formula is C35H40FN7O. The van der Waals surface area contributed by atoms with Gasteiger partial charge in [-0.25, -0.2) is 14.4 Å². The molecule has 8 rings (SSSR count). The van der Waals surface area contributed by atoms with Gasteiger partial charge >= 0.3 is 0 Å². The summed E-state index contributed by atoms with van der Waals surface area (Å²) in [5.41, 5.74) is 5.45. The number of halogens is 1. The fraction of sp³-hybridized carbons (Fsp3) is 0.486. The topological polar surface area (TPSA) is 79.2 Å². The number of fused-ring (bicyclic) bond motifs is 3. The van der Waals surface area contributed by atoms with Crippen LogP contribution < -0.4 is 10.2 Å². The van der Waals surface area contributed by atoms with Crippen LogP contribution in [0.5, 0.6) is 0 Å². The van der Waals surface area contributed by atoms with Gasteiger partial charge in [-0.3, -0.25) is 14.7 Å². The van der Waals surface area contributed by atoms with E-state index in [9.17, 15) is 9.18 Å². The van der Waals surface area contributed by atoms with Crippen molar-refractivity contribution in [3.8, 4) is 11.3 Å². The Balaban J connectivity index is 1.13. The van der Waals surface area contributed by atoms with Crippen molar-refractivity contribution in [2.45, 2.75) is 77.9 Å². The molecular weight excluding hydrogens is 553 g/mol. The molecule has 0 radical (unpaired) electrons. The number of rotatable bonds is 6. The lowest BCUT2D eigenvalue weighted by Crippen LogP contribution is -2.56. The van der Waals surface area contributed by atoms with Crippen LogP contribution in [0.4, 0.5) is 21.6 Å². The molecule has 2 saturated carbocycles. The monoisotopic (exact) mass is 593 g/mol. The Bertz CT molecular complexity index is 1810. The molecule has 1 aromatic carbocycles. The molecule has 4 aromatic rings. The summed E-state index contributed by atoms with van der Waals surface area (Å²) in [4.78, 5) is 32.3. The quantitative estimate of drug-likeness (QED) is 0.268. The minimum atomic E-state index is -0.586. The lowest BCUT2D eigenvalue weighted by atomic mass is 9.83. The standard InChI is InChI=1S/C35H40FN7O/c1-19(2)42-18-38-29-14-28(40-32(31(29)42)39-27-9-10-37-15-26(27)36)20-7-8-23-30(11-20)43(33(44)35(23,5)6)22-12-21(13-22)41-16-24-25(17-41)34(24,3)4/h7-11,14-15,18-19,21-22,24-25H,12-13,16-17H2,1-6H3,(H,37,39,40). The zero-order valence-electron chi connectivity index (χ0n) is 26.3. The van der Waals surface area contributed by atoms with E-state index in [0.29, 0.717) is 28.7 Å². The number of likely N-dealkylation sites (tertiary alicyclic amines) is 1. The van der Waals surface area contributed by atoms with Crippen LogP contribution in [0, 0.1) is 23.1 Å². The second-order valence-corrected chi connectivity index (χ2v) is 14.7. The first-order valence-electron chi connectivity index (χ1n) is 15.9. The van der Waals surface area contributed by atoms with E-state index in [4.69, 9.17) is 9.97 Å². The Morgan fingerprint density at radius 2 is 1.77 bits per heavy atom. The Morgan fingerprint density at radius 3 is 2.48 bits per heavy atom. The average molecular weight is 594 g/mol. The number of benzene rings is 1. The first-order chi connectivity index (χ1) is 20.9. The summed E-state index contributed by atoms with van der Waals surface area (Å²) in [5, 5.41) is 3.21. The van der Waals surface area contributed by atoms with Crippen molar-refractivity contribution in [3.63, 3.8) is 0 Å². The predicted octanol–water partition coefficient (Wildman–Crippen LogP) is 6.70. The highest BCUT2D eigenvalue weighted by atomic mass is 19.1. The van der Waals surface area contributed by atoms with Crippen molar-refractivity contribution in [2.24, 2.45) is 17.3 Å². The Labute approximate surface area is 257 Å². The molecule has 1 amide bonds. The molecule has 0 bridgehead atoms. The number of nitrogens with one attached hydrogen (secondary N) is 1. The normalized spacial score (nSPS) is 26.6. The highest BCUT2D eigenvalue weighted by Crippen LogP contribution is 2.63. The minimum Gasteiger partial charge on any atom is -0.336 e. The van der Waals surface area contributed by atoms with Gasteiger partial charge < -0.3 is 14.8 Å². The van der Waals surface area contributed by atoms with Gasteiger partial charge in [-0.2, -0.15) is 0 Å². The second-order valence-electron chi connectivity index (χ2n) is 14.7. The van der Waals surface area contributed by atoms with E-state index in [1.54, 1.807) is 18.6 Å². The molecule has 3 aromatic heterocycles. The minimum absolute atomic E-state index is 0.140. The van der Waals surface area contributed by atoms with Gasteiger partial charge in [-0.05, 0) is 81.5 Å². The van der Waals surface area contributed by atoms with Crippen LogP contribution in [0.3, 0.4) is 0 Å². The SMILES string of the molecule is CC(C)n1cnc2cc(-c3ccc4c(c3)N(C3CC(N5CC6C(C5)C6(C)C)C3)C(=O)C4(C)C)nc(Nc3ccncc3F)c21. The zero-order valence-corrected chi connectivity index (χ0v) is 26.3. The maximum atomic E-state index is 14.7. The zero-order chi connectivity index (χ0) is 30.7. The number of pyridine rings is 2. The van der Waals surface area contributed by atoms with Crippen LogP contribution >= 0.6 is 0 Å². The molecule has 2 atom stereocenters. The van der Waals surface area contributed by atoms with Crippen LogP contribution in [-0.4, -0.2) is 55.5 Å². The van der Waals surface area contributed by atoms with E-state index in [1.807, 2.05) is 30.5 Å². The summed E-state index contributed by atoms with van der Waals surface area (Å²) in [6.45, 7) is 15.5. The molecule has 4 aliphatic rings. The Morgan fingerprint density at radius 1 is 1.02 bits per heavy atom. The summed E-state index contributed by atoms with van der Waals surface area (Å²) >= 11 is 0. The summed E-state index contributed by atoms with van der Waals surface area (Å²) in [7, 11) is 0. The molecule has 2 unspecified atom stereocenters. The van der Waals surface area contributed by atoms with E-state index < -0.39 is 11.2 Å². The van der Waals surface area contributed by atoms with Crippen LogP contribution in [-0.2, 0) is 10.2 Å². The maximum Gasteiger partial charge on any atom is 0.237 e. The van der Waals surface area contributed by atoms with Gasteiger partial charge in [0, 0.05) is 48.7 Å². The smallest absolute Gasteiger partial charge is 0.237 e. The fourth-order valence-electron chi connectivity index (χ4n) is 8.13. The van der Waals surface area contributed by atoms with Crippen LogP contribution in [0.25, 0.3) is 22.3 Å². The molecule has 3 fully saturated rings. The number of carbonyl (C=O) groups is 1. The number of hydrogen-bond donors (Lipinski definition) is 1. The highest BCUT2D eigenvalue weighted by molar-refractivity contribution is 6.08. The van der Waals surface area contributed by atoms with Gasteiger partial charge in [-0.1, -0.05) is 26.0 Å². The molecule has 1 N–H and O–H groups in total. The number of aromatic nitrogens is 4. The average Bonchev–Trinajstić information content (AvgIpc) is 3.42. The van der Waals surface area contributed by atoms with Crippen molar-refractivity contribution >= 4 is 34.1 Å². The second kappa shape index (κ2) is 9.33. The first-order valence-corrected chi connectivity index (χ1v) is 15.9. The maximum absolute atomic E-state index is 14.7. The molecule has 2 aliphatic carbocycles. The fourth-order valence-corrected chi connectivity index (χ4v) is 8.13. The van der Waals surface area contributed by atoms with E-state index in [2.05, 4.69) is 59.9 Å². The van der Waals surface area contributed by atoms with Gasteiger partial charge in [0.25, 0.3) is 0 Å². The van der Waals surface area contributed by atoms with Gasteiger partial charge in [0.05, 0.1) is 34.8 Å². The molecule has 228 valence electrons. The van der Waals surface area contributed by atoms with Crippen molar-refractivity contribution in [1.82, 2.24) is 24.4 Å². The van der Waals surface area contributed by atoms with Crippen LogP contribution in [0.15, 0.2) is 49.1 Å². The highest BCUT2D eigenvalue weighted by Gasteiger charge is 2.63. The van der Waals surface area contributed by atoms with E-state index in [-0.39, 0.29) is 18.0 Å². The third kappa shape index (κ3) is 3.97. The summed E-state index contributed by atoms with van der Waals surface area (Å²) in [5.74, 6) is 1.92. The lowest BCUT2D eigenvalue weighted by molar-refractivity contribution is -0.123. The third-order valence-electron chi connectivity index (χ3n) is 11.2. The van der Waals surface area contributed by atoms with Crippen LogP contribution in [0.1, 0.15) is 66.0 Å². The molecule has 1 saturated heterocycles. The molecule has 44 heavy (non-hydrogen) atoms. The number of amides is 1. The lowest BCUT2D eigenvalue weighted by Gasteiger charge is -2.46. The van der Waals surface area contributed by atoms with Crippen molar-refractivity contribution in [1.29, 1.82) is 0 Å². The predicted molar refractivity (Wildman–Crippen MR) is 170 cm³/mol. The van der Waals surface area contributed by atoms with Crippen molar-refractivity contribution < 1.29 is 9.18 Å². The van der Waals surface area contributed by atoms with Gasteiger partial charge in [-0.15, -0.1) is 0 Å². The third-order valence-corrected chi connectivity index (χ3v) is 11.2. The molecule has 5 heterocycles.